The molecule has 1 aliphatic rings. The van der Waals surface area contributed by atoms with E-state index in [1.54, 1.807) is 0 Å². The second-order valence-electron chi connectivity index (χ2n) is 6.09. The lowest BCUT2D eigenvalue weighted by molar-refractivity contribution is -0.917. The summed E-state index contributed by atoms with van der Waals surface area (Å²) in [5, 5.41) is 0. The highest BCUT2D eigenvalue weighted by atomic mass is 15.3. The van der Waals surface area contributed by atoms with Gasteiger partial charge in [-0.15, -0.1) is 0 Å². The van der Waals surface area contributed by atoms with Crippen molar-refractivity contribution in [1.82, 2.24) is 0 Å². The molecule has 17 heavy (non-hydrogen) atoms. The fraction of sp³-hybridized carbons (Fsp3) is 0.625. The lowest BCUT2D eigenvalue weighted by atomic mass is 9.97. The summed E-state index contributed by atoms with van der Waals surface area (Å²) in [6, 6.07) is 10.9. The van der Waals surface area contributed by atoms with Gasteiger partial charge in [-0.05, 0) is 24.8 Å². The molecular weight excluding hydrogens is 206 g/mol. The standard InChI is InChI=1S/C16H26N/c1-15-8-6-12-17(2,14-15)13-7-11-16-9-4-3-5-10-16/h3-5,9-10,15H,6-8,11-14H2,1-2H3/q+1/t15-,17+/m1/s1. The minimum atomic E-state index is 0.922. The van der Waals surface area contributed by atoms with E-state index in [4.69, 9.17) is 0 Å². The van der Waals surface area contributed by atoms with Crippen molar-refractivity contribution in [2.75, 3.05) is 26.7 Å². The van der Waals surface area contributed by atoms with Crippen LogP contribution in [0.5, 0.6) is 0 Å². The minimum absolute atomic E-state index is 0.922. The van der Waals surface area contributed by atoms with Crippen molar-refractivity contribution in [2.24, 2.45) is 5.92 Å². The Morgan fingerprint density at radius 2 is 2.00 bits per heavy atom. The maximum Gasteiger partial charge on any atom is 0.0810 e. The third-order valence-corrected chi connectivity index (χ3v) is 4.15. The van der Waals surface area contributed by atoms with Crippen LogP contribution in [0.2, 0.25) is 0 Å². The Bertz CT molecular complexity index is 333. The molecule has 0 bridgehead atoms. The molecule has 0 aliphatic carbocycles. The number of benzene rings is 1. The second-order valence-corrected chi connectivity index (χ2v) is 6.09. The van der Waals surface area contributed by atoms with Crippen molar-refractivity contribution in [2.45, 2.75) is 32.6 Å². The van der Waals surface area contributed by atoms with Gasteiger partial charge in [0.25, 0.3) is 0 Å². The summed E-state index contributed by atoms with van der Waals surface area (Å²) < 4.78 is 1.30. The molecule has 1 saturated heterocycles. The summed E-state index contributed by atoms with van der Waals surface area (Å²) in [6.07, 6.45) is 5.42. The van der Waals surface area contributed by atoms with Gasteiger partial charge < -0.3 is 4.48 Å². The lowest BCUT2D eigenvalue weighted by Gasteiger charge is -2.40. The molecule has 1 nitrogen and oxygen atoms in total. The number of rotatable bonds is 4. The van der Waals surface area contributed by atoms with Gasteiger partial charge in [-0.3, -0.25) is 0 Å². The van der Waals surface area contributed by atoms with Crippen molar-refractivity contribution in [3.63, 3.8) is 0 Å². The topological polar surface area (TPSA) is 0 Å². The predicted molar refractivity (Wildman–Crippen MR) is 73.9 cm³/mol. The SMILES string of the molecule is C[C@@H]1CCC[N@@+](C)(CCCc2ccccc2)C1. The largest absolute Gasteiger partial charge is 0.326 e. The van der Waals surface area contributed by atoms with Crippen molar-refractivity contribution in [1.29, 1.82) is 0 Å². The highest BCUT2D eigenvalue weighted by Gasteiger charge is 2.28. The maximum absolute atomic E-state index is 2.45. The van der Waals surface area contributed by atoms with Crippen LogP contribution in [0.3, 0.4) is 0 Å². The van der Waals surface area contributed by atoms with Gasteiger partial charge in [0.15, 0.2) is 0 Å². The summed E-state index contributed by atoms with van der Waals surface area (Å²) in [5.41, 5.74) is 1.49. The van der Waals surface area contributed by atoms with E-state index in [0.29, 0.717) is 0 Å². The van der Waals surface area contributed by atoms with E-state index in [1.807, 2.05) is 0 Å². The highest BCUT2D eigenvalue weighted by Crippen LogP contribution is 2.22. The van der Waals surface area contributed by atoms with Crippen LogP contribution in [0, 0.1) is 5.92 Å². The Hall–Kier alpha value is -0.820. The van der Waals surface area contributed by atoms with Gasteiger partial charge in [-0.2, -0.15) is 0 Å². The third kappa shape index (κ3) is 3.85. The molecule has 1 heteroatoms. The van der Waals surface area contributed by atoms with E-state index in [2.05, 4.69) is 44.3 Å². The summed E-state index contributed by atoms with van der Waals surface area (Å²) in [6.45, 7) is 6.53. The molecule has 0 spiro atoms. The van der Waals surface area contributed by atoms with Crippen molar-refractivity contribution >= 4 is 0 Å². The molecular formula is C16H26N+. The van der Waals surface area contributed by atoms with E-state index < -0.39 is 0 Å². The van der Waals surface area contributed by atoms with Crippen LogP contribution in [-0.2, 0) is 6.42 Å². The number of likely N-dealkylation sites (tertiary alicyclic amines) is 1. The Morgan fingerprint density at radius 3 is 2.71 bits per heavy atom. The first-order chi connectivity index (χ1) is 8.18. The van der Waals surface area contributed by atoms with Crippen LogP contribution in [0.1, 0.15) is 31.7 Å². The quantitative estimate of drug-likeness (QED) is 0.697. The second kappa shape index (κ2) is 5.68. The molecule has 0 N–H and O–H groups in total. The van der Waals surface area contributed by atoms with Crippen LogP contribution in [0.15, 0.2) is 30.3 Å². The molecule has 1 aliphatic heterocycles. The fourth-order valence-electron chi connectivity index (χ4n) is 3.27. The van der Waals surface area contributed by atoms with Crippen LogP contribution >= 0.6 is 0 Å². The molecule has 1 aromatic rings. The lowest BCUT2D eigenvalue weighted by Crippen LogP contribution is -2.51. The molecule has 1 aromatic carbocycles. The molecule has 2 rings (SSSR count). The van der Waals surface area contributed by atoms with Crippen molar-refractivity contribution in [3.05, 3.63) is 35.9 Å². The molecule has 0 aromatic heterocycles. The summed E-state index contributed by atoms with van der Waals surface area (Å²) in [4.78, 5) is 0. The Balaban J connectivity index is 1.78. The molecule has 1 fully saturated rings. The number of hydrogen-bond acceptors (Lipinski definition) is 0. The highest BCUT2D eigenvalue weighted by molar-refractivity contribution is 5.14. The van der Waals surface area contributed by atoms with Gasteiger partial charge in [0.05, 0.1) is 26.7 Å². The van der Waals surface area contributed by atoms with E-state index in [1.165, 1.54) is 55.4 Å². The smallest absolute Gasteiger partial charge is 0.0810 e. The van der Waals surface area contributed by atoms with Gasteiger partial charge >= 0.3 is 0 Å². The van der Waals surface area contributed by atoms with Gasteiger partial charge in [0.1, 0.15) is 0 Å². The summed E-state index contributed by atoms with van der Waals surface area (Å²) in [5.74, 6) is 0.922. The first-order valence-electron chi connectivity index (χ1n) is 7.05. The minimum Gasteiger partial charge on any atom is -0.326 e. The molecule has 2 atom stereocenters. The zero-order valence-electron chi connectivity index (χ0n) is 11.4. The van der Waals surface area contributed by atoms with Crippen molar-refractivity contribution in [3.8, 4) is 0 Å². The Morgan fingerprint density at radius 1 is 1.24 bits per heavy atom. The van der Waals surface area contributed by atoms with E-state index in [0.717, 1.165) is 5.92 Å². The van der Waals surface area contributed by atoms with Gasteiger partial charge in [0, 0.05) is 12.3 Å². The third-order valence-electron chi connectivity index (χ3n) is 4.15. The number of aryl methyl sites for hydroxylation is 1. The summed E-state index contributed by atoms with van der Waals surface area (Å²) in [7, 11) is 2.45. The molecule has 0 amide bonds. The van der Waals surface area contributed by atoms with E-state index >= 15 is 0 Å². The van der Waals surface area contributed by atoms with E-state index in [9.17, 15) is 0 Å². The van der Waals surface area contributed by atoms with E-state index in [-0.39, 0.29) is 0 Å². The van der Waals surface area contributed by atoms with Crippen LogP contribution in [0.4, 0.5) is 0 Å². The van der Waals surface area contributed by atoms with Crippen LogP contribution in [0.25, 0.3) is 0 Å². The van der Waals surface area contributed by atoms with Crippen LogP contribution < -0.4 is 0 Å². The first kappa shape index (κ1) is 12.6. The summed E-state index contributed by atoms with van der Waals surface area (Å²) >= 11 is 0. The number of quaternary nitrogens is 1. The molecule has 1 heterocycles. The van der Waals surface area contributed by atoms with Crippen LogP contribution in [-0.4, -0.2) is 31.2 Å². The van der Waals surface area contributed by atoms with Crippen molar-refractivity contribution < 1.29 is 4.48 Å². The average Bonchev–Trinajstić information content (AvgIpc) is 2.30. The fourth-order valence-corrected chi connectivity index (χ4v) is 3.27. The zero-order valence-corrected chi connectivity index (χ0v) is 11.4. The molecule has 0 saturated carbocycles. The maximum atomic E-state index is 2.45. The predicted octanol–water partition coefficient (Wildman–Crippen LogP) is 3.50. The monoisotopic (exact) mass is 232 g/mol. The van der Waals surface area contributed by atoms with Gasteiger partial charge in [-0.1, -0.05) is 37.3 Å². The molecule has 0 unspecified atom stereocenters. The van der Waals surface area contributed by atoms with Gasteiger partial charge in [-0.25, -0.2) is 0 Å². The van der Waals surface area contributed by atoms with Gasteiger partial charge in [0.2, 0.25) is 0 Å². The molecule has 94 valence electrons. The number of hydrogen-bond donors (Lipinski definition) is 0. The normalized spacial score (nSPS) is 29.2. The Kier molecular flexibility index (Phi) is 4.22. The zero-order chi connectivity index (χ0) is 12.1. The number of piperidine rings is 1. The molecule has 0 radical (unpaired) electrons. The average molecular weight is 232 g/mol. The Labute approximate surface area is 106 Å². The number of nitrogens with zero attached hydrogens (tertiary/aromatic N) is 1. The first-order valence-corrected chi connectivity index (χ1v) is 7.05.